The number of benzene rings is 1. The lowest BCUT2D eigenvalue weighted by atomic mass is 9.98. The fraction of sp³-hybridized carbons (Fsp3) is 0.500. The zero-order valence-electron chi connectivity index (χ0n) is 10.6. The number of amides is 1. The van der Waals surface area contributed by atoms with Crippen LogP contribution in [0.5, 0.6) is 0 Å². The van der Waals surface area contributed by atoms with Crippen LogP contribution in [-0.4, -0.2) is 28.7 Å². The van der Waals surface area contributed by atoms with E-state index in [4.69, 9.17) is 11.6 Å². The van der Waals surface area contributed by atoms with Crippen LogP contribution in [0.3, 0.4) is 0 Å². The molecule has 1 saturated heterocycles. The molecule has 0 aliphatic carbocycles. The normalized spacial score (nSPS) is 24.1. The molecule has 0 aromatic heterocycles. The second-order valence-electron chi connectivity index (χ2n) is 4.95. The van der Waals surface area contributed by atoms with E-state index in [9.17, 15) is 4.79 Å². The first-order valence-corrected chi connectivity index (χ1v) is 7.48. The van der Waals surface area contributed by atoms with E-state index in [0.717, 1.165) is 30.6 Å². The van der Waals surface area contributed by atoms with E-state index in [-0.39, 0.29) is 5.91 Å². The molecular weight excluding hydrogens is 314 g/mol. The van der Waals surface area contributed by atoms with Gasteiger partial charge in [-0.05, 0) is 37.0 Å². The molecule has 2 nitrogen and oxygen atoms in total. The molecule has 0 spiro atoms. The van der Waals surface area contributed by atoms with Gasteiger partial charge in [0.1, 0.15) is 0 Å². The molecule has 4 heteroatoms. The molecule has 18 heavy (non-hydrogen) atoms. The van der Waals surface area contributed by atoms with Crippen molar-refractivity contribution in [2.45, 2.75) is 25.1 Å². The molecule has 1 aromatic rings. The highest BCUT2D eigenvalue weighted by molar-refractivity contribution is 9.09. The van der Waals surface area contributed by atoms with Gasteiger partial charge in [-0.25, -0.2) is 0 Å². The highest BCUT2D eigenvalue weighted by Gasteiger charge is 2.28. The van der Waals surface area contributed by atoms with Gasteiger partial charge in [-0.3, -0.25) is 4.79 Å². The third-order valence-electron chi connectivity index (χ3n) is 3.59. The van der Waals surface area contributed by atoms with Crippen molar-refractivity contribution in [2.75, 3.05) is 13.1 Å². The predicted octanol–water partition coefficient (Wildman–Crippen LogP) is 3.89. The lowest BCUT2D eigenvalue weighted by molar-refractivity contribution is 0.0690. The molecule has 0 bridgehead atoms. The van der Waals surface area contributed by atoms with Gasteiger partial charge in [0.25, 0.3) is 5.91 Å². The van der Waals surface area contributed by atoms with Crippen molar-refractivity contribution in [1.82, 2.24) is 4.90 Å². The number of rotatable bonds is 1. The van der Waals surface area contributed by atoms with E-state index in [1.807, 2.05) is 30.0 Å². The van der Waals surface area contributed by atoms with E-state index in [1.165, 1.54) is 0 Å². The Bertz CT molecular complexity index is 463. The van der Waals surface area contributed by atoms with Crippen molar-refractivity contribution < 1.29 is 4.79 Å². The number of hydrogen-bond acceptors (Lipinski definition) is 1. The van der Waals surface area contributed by atoms with Crippen LogP contribution in [0, 0.1) is 12.8 Å². The monoisotopic (exact) mass is 329 g/mol. The van der Waals surface area contributed by atoms with Crippen LogP contribution in [0.4, 0.5) is 0 Å². The van der Waals surface area contributed by atoms with Crippen molar-refractivity contribution in [3.8, 4) is 0 Å². The van der Waals surface area contributed by atoms with Crippen molar-refractivity contribution in [1.29, 1.82) is 0 Å². The molecule has 2 rings (SSSR count). The molecule has 0 N–H and O–H groups in total. The smallest absolute Gasteiger partial charge is 0.254 e. The topological polar surface area (TPSA) is 20.3 Å². The molecule has 98 valence electrons. The van der Waals surface area contributed by atoms with Crippen LogP contribution >= 0.6 is 27.5 Å². The van der Waals surface area contributed by atoms with Gasteiger partial charge >= 0.3 is 0 Å². The Kier molecular flexibility index (Phi) is 4.33. The van der Waals surface area contributed by atoms with Gasteiger partial charge in [0.2, 0.25) is 0 Å². The highest BCUT2D eigenvalue weighted by Crippen LogP contribution is 2.26. The first kappa shape index (κ1) is 13.9. The van der Waals surface area contributed by atoms with Crippen LogP contribution in [0.1, 0.15) is 29.3 Å². The second-order valence-corrected chi connectivity index (χ2v) is 6.53. The molecule has 1 amide bonds. The zero-order chi connectivity index (χ0) is 13.3. The molecular formula is C14H17BrClNO. The number of carbonyl (C=O) groups excluding carboxylic acids is 1. The Hall–Kier alpha value is -0.540. The van der Waals surface area contributed by atoms with Gasteiger partial charge in [0.05, 0.1) is 0 Å². The molecule has 2 unspecified atom stereocenters. The minimum Gasteiger partial charge on any atom is -0.338 e. The molecule has 1 heterocycles. The standard InChI is InChI=1S/C14H17BrClNO/c1-9-8-17(7-6-12(9)15)14(18)11-4-3-5-13(16)10(11)2/h3-5,9,12H,6-8H2,1-2H3. The summed E-state index contributed by atoms with van der Waals surface area (Å²) in [5.41, 5.74) is 1.60. The summed E-state index contributed by atoms with van der Waals surface area (Å²) in [4.78, 5) is 14.9. The molecule has 1 fully saturated rings. The first-order chi connectivity index (χ1) is 8.50. The van der Waals surface area contributed by atoms with E-state index >= 15 is 0 Å². The molecule has 1 aromatic carbocycles. The first-order valence-electron chi connectivity index (χ1n) is 6.19. The Morgan fingerprint density at radius 3 is 2.89 bits per heavy atom. The Labute approximate surface area is 121 Å². The van der Waals surface area contributed by atoms with E-state index in [2.05, 4.69) is 22.9 Å². The van der Waals surface area contributed by atoms with Gasteiger partial charge in [-0.2, -0.15) is 0 Å². The number of likely N-dealkylation sites (tertiary alicyclic amines) is 1. The predicted molar refractivity (Wildman–Crippen MR) is 78.6 cm³/mol. The number of halogens is 2. The fourth-order valence-corrected chi connectivity index (χ4v) is 2.86. The summed E-state index contributed by atoms with van der Waals surface area (Å²) in [5.74, 6) is 0.587. The summed E-state index contributed by atoms with van der Waals surface area (Å²) < 4.78 is 0. The minimum absolute atomic E-state index is 0.0984. The van der Waals surface area contributed by atoms with E-state index < -0.39 is 0 Å². The largest absolute Gasteiger partial charge is 0.338 e. The summed E-state index contributed by atoms with van der Waals surface area (Å²) in [5, 5.41) is 0.657. The Balaban J connectivity index is 2.19. The molecule has 1 aliphatic heterocycles. The van der Waals surface area contributed by atoms with E-state index in [1.54, 1.807) is 0 Å². The average Bonchev–Trinajstić information content (AvgIpc) is 2.35. The summed E-state index contributed by atoms with van der Waals surface area (Å²) in [6.07, 6.45) is 1.01. The maximum Gasteiger partial charge on any atom is 0.254 e. The second kappa shape index (κ2) is 5.62. The lowest BCUT2D eigenvalue weighted by Gasteiger charge is -2.34. The third kappa shape index (κ3) is 2.72. The fourth-order valence-electron chi connectivity index (χ4n) is 2.31. The van der Waals surface area contributed by atoms with Crippen LogP contribution < -0.4 is 0 Å². The van der Waals surface area contributed by atoms with Crippen molar-refractivity contribution in [3.63, 3.8) is 0 Å². The minimum atomic E-state index is 0.0984. The number of alkyl halides is 1. The molecule has 2 atom stereocenters. The third-order valence-corrected chi connectivity index (χ3v) is 5.36. The average molecular weight is 331 g/mol. The summed E-state index contributed by atoms with van der Waals surface area (Å²) in [6, 6.07) is 5.51. The summed E-state index contributed by atoms with van der Waals surface area (Å²) in [6.45, 7) is 5.69. The van der Waals surface area contributed by atoms with E-state index in [0.29, 0.717) is 15.8 Å². The number of hydrogen-bond donors (Lipinski definition) is 0. The van der Waals surface area contributed by atoms with Crippen LogP contribution in [0.25, 0.3) is 0 Å². The van der Waals surface area contributed by atoms with Crippen molar-refractivity contribution >= 4 is 33.4 Å². The van der Waals surface area contributed by atoms with Gasteiger partial charge in [0, 0.05) is 28.5 Å². The van der Waals surface area contributed by atoms with Gasteiger partial charge < -0.3 is 4.90 Å². The van der Waals surface area contributed by atoms with Crippen LogP contribution in [0.15, 0.2) is 18.2 Å². The SMILES string of the molecule is Cc1c(Cl)cccc1C(=O)N1CCC(Br)C(C)C1. The van der Waals surface area contributed by atoms with Crippen molar-refractivity contribution in [2.24, 2.45) is 5.92 Å². The van der Waals surface area contributed by atoms with Crippen LogP contribution in [-0.2, 0) is 0 Å². The van der Waals surface area contributed by atoms with Gasteiger partial charge in [-0.1, -0.05) is 40.5 Å². The summed E-state index contributed by atoms with van der Waals surface area (Å²) >= 11 is 9.72. The van der Waals surface area contributed by atoms with Crippen LogP contribution in [0.2, 0.25) is 5.02 Å². The lowest BCUT2D eigenvalue weighted by Crippen LogP contribution is -2.43. The Morgan fingerprint density at radius 2 is 2.22 bits per heavy atom. The molecule has 0 saturated carbocycles. The number of carbonyl (C=O) groups is 1. The number of nitrogens with zero attached hydrogens (tertiary/aromatic N) is 1. The molecule has 0 radical (unpaired) electrons. The van der Waals surface area contributed by atoms with Crippen molar-refractivity contribution in [3.05, 3.63) is 34.3 Å². The molecule has 1 aliphatic rings. The maximum atomic E-state index is 12.5. The number of piperidine rings is 1. The maximum absolute atomic E-state index is 12.5. The Morgan fingerprint density at radius 1 is 1.50 bits per heavy atom. The highest BCUT2D eigenvalue weighted by atomic mass is 79.9. The van der Waals surface area contributed by atoms with Gasteiger partial charge in [-0.15, -0.1) is 0 Å². The summed E-state index contributed by atoms with van der Waals surface area (Å²) in [7, 11) is 0. The zero-order valence-corrected chi connectivity index (χ0v) is 13.0. The quantitative estimate of drug-likeness (QED) is 0.715. The van der Waals surface area contributed by atoms with Gasteiger partial charge in [0.15, 0.2) is 0 Å².